The Balaban J connectivity index is 0.00000122. The Kier molecular flexibility index (Phi) is 13.6. The number of rotatable bonds is 5. The van der Waals surface area contributed by atoms with Crippen molar-refractivity contribution in [3.05, 3.63) is 21.8 Å². The molecule has 1 N–H and O–H groups in total. The molecule has 30 heavy (non-hydrogen) atoms. The summed E-state index contributed by atoms with van der Waals surface area (Å²) < 4.78 is 2.12. The third kappa shape index (κ3) is 12.0. The van der Waals surface area contributed by atoms with Crippen molar-refractivity contribution < 1.29 is 23.9 Å². The standard InChI is InChI=1S/C13H8Cl2I3NO5.Cl5P/c1-3(24-4(2)20)13(23)19-10-8(17)5(11(14)21)7(16)6(9(10)18)12(15)22;1-6(2,3,4)5/h3H,1-2H3,(H,19,23);/t3-;/m0./s1. The van der Waals surface area contributed by atoms with Crippen molar-refractivity contribution in [1.82, 2.24) is 0 Å². The van der Waals surface area contributed by atoms with Gasteiger partial charge in [-0.05, 0) is 97.9 Å². The summed E-state index contributed by atoms with van der Waals surface area (Å²) in [5.41, 5.74) is 0.337. The molecule has 0 aromatic heterocycles. The summed E-state index contributed by atoms with van der Waals surface area (Å²) in [6, 6.07) is 0. The van der Waals surface area contributed by atoms with Crippen LogP contribution in [0.15, 0.2) is 0 Å². The number of hydrogen-bond donors (Lipinski definition) is 1. The zero-order valence-corrected chi connectivity index (χ0v) is 27.0. The third-order valence-electron chi connectivity index (χ3n) is 2.67. The molecule has 6 nitrogen and oxygen atoms in total. The Morgan fingerprint density at radius 1 is 0.867 bits per heavy atom. The second-order valence-electron chi connectivity index (χ2n) is 4.99. The molecule has 1 aromatic rings. The van der Waals surface area contributed by atoms with Gasteiger partial charge in [0.05, 0.1) is 24.0 Å². The molecular weight excluding hydrogens is 910 g/mol. The summed E-state index contributed by atoms with van der Waals surface area (Å²) in [5, 5.41) is 0.967. The van der Waals surface area contributed by atoms with E-state index in [1.165, 1.54) is 13.8 Å². The van der Waals surface area contributed by atoms with Gasteiger partial charge in [-0.1, -0.05) is 0 Å². The summed E-state index contributed by atoms with van der Waals surface area (Å²) in [5.74, 6) is -1.24. The molecule has 0 radical (unpaired) electrons. The van der Waals surface area contributed by atoms with Gasteiger partial charge in [-0.2, -0.15) is 0 Å². The molecule has 0 bridgehead atoms. The average molecular weight is 918 g/mol. The van der Waals surface area contributed by atoms with Gasteiger partial charge in [0.1, 0.15) is 0 Å². The molecule has 170 valence electrons. The first-order valence-electron chi connectivity index (χ1n) is 6.91. The first-order valence-corrected chi connectivity index (χ1v) is 17.7. The molecule has 0 unspecified atom stereocenters. The van der Waals surface area contributed by atoms with Crippen LogP contribution in [0.25, 0.3) is 0 Å². The van der Waals surface area contributed by atoms with Crippen LogP contribution in [0.4, 0.5) is 5.69 Å². The normalized spacial score (nSPS) is 13.1. The molecule has 0 aliphatic heterocycles. The molecule has 1 amide bonds. The first kappa shape index (κ1) is 32.1. The second-order valence-corrected chi connectivity index (χ2v) is 25.5. The maximum absolute atomic E-state index is 12.2. The van der Waals surface area contributed by atoms with Gasteiger partial charge in [0.25, 0.3) is 16.4 Å². The van der Waals surface area contributed by atoms with Crippen LogP contribution in [0.5, 0.6) is 0 Å². The van der Waals surface area contributed by atoms with Crippen LogP contribution >= 0.6 is 151 Å². The number of benzene rings is 1. The van der Waals surface area contributed by atoms with Gasteiger partial charge >= 0.3 is 65.5 Å². The number of anilines is 1. The molecule has 0 fully saturated rings. The molecule has 17 heteroatoms. The van der Waals surface area contributed by atoms with E-state index in [4.69, 9.17) is 84.1 Å². The van der Waals surface area contributed by atoms with Gasteiger partial charge in [0.15, 0.2) is 6.10 Å². The number of carbonyl (C=O) groups is 4. The fraction of sp³-hybridized carbons (Fsp3) is 0.231. The summed E-state index contributed by atoms with van der Waals surface area (Å²) in [6.45, 7) is 2.57. The maximum atomic E-state index is 12.2. The molecular formula is C13H8Cl7I3NO5P. The van der Waals surface area contributed by atoms with Crippen LogP contribution in [0.2, 0.25) is 0 Å². The van der Waals surface area contributed by atoms with Crippen molar-refractivity contribution in [3.8, 4) is 0 Å². The van der Waals surface area contributed by atoms with Crippen LogP contribution in [-0.2, 0) is 14.3 Å². The van der Waals surface area contributed by atoms with E-state index in [1.54, 1.807) is 22.6 Å². The van der Waals surface area contributed by atoms with Gasteiger partial charge in [-0.3, -0.25) is 19.2 Å². The van der Waals surface area contributed by atoms with Crippen molar-refractivity contribution in [3.63, 3.8) is 0 Å². The summed E-state index contributed by atoms with van der Waals surface area (Å²) in [7, 11) is 0. The van der Waals surface area contributed by atoms with Crippen LogP contribution in [0, 0.1) is 10.7 Å². The number of halogens is 10. The van der Waals surface area contributed by atoms with E-state index in [0.717, 1.165) is 0 Å². The zero-order chi connectivity index (χ0) is 24.2. The monoisotopic (exact) mass is 915 g/mol. The molecule has 1 aromatic carbocycles. The van der Waals surface area contributed by atoms with E-state index in [0.29, 0.717) is 10.7 Å². The van der Waals surface area contributed by atoms with Crippen LogP contribution in [-0.4, -0.2) is 28.5 Å². The van der Waals surface area contributed by atoms with E-state index >= 15 is 0 Å². The Morgan fingerprint density at radius 3 is 1.47 bits per heavy atom. The molecule has 1 rings (SSSR count). The summed E-state index contributed by atoms with van der Waals surface area (Å²) in [4.78, 5) is 46.5. The van der Waals surface area contributed by atoms with Crippen molar-refractivity contribution in [2.24, 2.45) is 0 Å². The van der Waals surface area contributed by atoms with Gasteiger partial charge in [-0.15, -0.1) is 0 Å². The SMILES string of the molecule is CC(=O)O[C@@H](C)C(=O)Nc1c(I)c(C(=O)Cl)c(I)c(C(=O)Cl)c1I.ClP(Cl)(Cl)(Cl)Cl. The molecule has 0 aliphatic rings. The number of ether oxygens (including phenoxy) is 1. The number of amides is 1. The fourth-order valence-corrected chi connectivity index (χ4v) is 7.08. The van der Waals surface area contributed by atoms with Gasteiger partial charge in [0.2, 0.25) is 0 Å². The van der Waals surface area contributed by atoms with Crippen molar-refractivity contribution >= 4 is 179 Å². The van der Waals surface area contributed by atoms with E-state index in [2.05, 4.69) is 5.32 Å². The molecule has 0 saturated heterocycles. The van der Waals surface area contributed by atoms with Crippen molar-refractivity contribution in [1.29, 1.82) is 0 Å². The Bertz CT molecular complexity index is 849. The number of carbonyl (C=O) groups excluding carboxylic acids is 4. The quantitative estimate of drug-likeness (QED) is 0.139. The number of nitrogens with one attached hydrogen (secondary N) is 1. The van der Waals surface area contributed by atoms with E-state index in [9.17, 15) is 19.2 Å². The second kappa shape index (κ2) is 12.7. The summed E-state index contributed by atoms with van der Waals surface area (Å²) in [6.07, 6.45) is -1.06. The van der Waals surface area contributed by atoms with Crippen LogP contribution < -0.4 is 5.32 Å². The number of esters is 1. The Hall–Kier alpha value is 2.15. The fourth-order valence-electron chi connectivity index (χ4n) is 1.65. The minimum atomic E-state index is -3.69. The molecule has 0 spiro atoms. The number of hydrogen-bond acceptors (Lipinski definition) is 5. The van der Waals surface area contributed by atoms with Gasteiger partial charge < -0.3 is 10.1 Å². The predicted molar refractivity (Wildman–Crippen MR) is 151 cm³/mol. The van der Waals surface area contributed by atoms with Gasteiger partial charge in [-0.25, -0.2) is 0 Å². The minimum absolute atomic E-state index is 0.0673. The van der Waals surface area contributed by atoms with E-state index in [-0.39, 0.29) is 16.8 Å². The van der Waals surface area contributed by atoms with Crippen molar-refractivity contribution in [2.45, 2.75) is 20.0 Å². The van der Waals surface area contributed by atoms with Crippen molar-refractivity contribution in [2.75, 3.05) is 5.32 Å². The topological polar surface area (TPSA) is 89.5 Å². The zero-order valence-electron chi connectivity index (χ0n) is 14.3. The van der Waals surface area contributed by atoms with Gasteiger partial charge in [0, 0.05) is 10.5 Å². The van der Waals surface area contributed by atoms with Crippen LogP contribution in [0.1, 0.15) is 34.6 Å². The Labute approximate surface area is 246 Å². The molecule has 0 saturated carbocycles. The van der Waals surface area contributed by atoms with E-state index in [1.807, 2.05) is 45.2 Å². The average Bonchev–Trinajstić information content (AvgIpc) is 2.47. The molecule has 1 atom stereocenters. The Morgan fingerprint density at radius 2 is 1.20 bits per heavy atom. The predicted octanol–water partition coefficient (Wildman–Crippen LogP) is 8.46. The van der Waals surface area contributed by atoms with Crippen LogP contribution in [0.3, 0.4) is 0 Å². The molecule has 0 heterocycles. The van der Waals surface area contributed by atoms with E-state index < -0.39 is 31.8 Å². The summed E-state index contributed by atoms with van der Waals surface area (Å²) >= 11 is 41.6. The molecule has 0 aliphatic carbocycles. The first-order chi connectivity index (χ1) is 13.2. The third-order valence-corrected chi connectivity index (χ3v) is 6.28.